The molecule has 4 aliphatic rings. The molecule has 168 valence electrons. The molecule has 5 N–H and O–H groups in total. The van der Waals surface area contributed by atoms with Crippen LogP contribution in [0.5, 0.6) is 0 Å². The molecule has 2 aliphatic carbocycles. The number of likely N-dealkylation sites (tertiary alicyclic amines) is 2. The van der Waals surface area contributed by atoms with Gasteiger partial charge in [-0.15, -0.1) is 0 Å². The van der Waals surface area contributed by atoms with Gasteiger partial charge >= 0.3 is 5.97 Å². The molecule has 0 bridgehead atoms. The molecule has 2 aliphatic heterocycles. The number of carbonyl (C=O) groups excluding carboxylic acids is 1. The van der Waals surface area contributed by atoms with Gasteiger partial charge < -0.3 is 20.8 Å². The van der Waals surface area contributed by atoms with E-state index in [1.165, 1.54) is 51.3 Å². The van der Waals surface area contributed by atoms with Crippen molar-refractivity contribution in [2.24, 2.45) is 0 Å². The summed E-state index contributed by atoms with van der Waals surface area (Å²) in [6.45, 7) is 3.42. The van der Waals surface area contributed by atoms with Gasteiger partial charge in [-0.1, -0.05) is 49.0 Å². The van der Waals surface area contributed by atoms with Gasteiger partial charge in [0, 0.05) is 31.7 Å². The van der Waals surface area contributed by atoms with E-state index in [0.29, 0.717) is 18.5 Å². The van der Waals surface area contributed by atoms with Gasteiger partial charge in [-0.25, -0.2) is 0 Å². The van der Waals surface area contributed by atoms with Crippen LogP contribution in [0, 0.1) is 0 Å². The van der Waals surface area contributed by atoms with Gasteiger partial charge in [-0.2, -0.15) is 0 Å². The molecule has 2 heterocycles. The quantitative estimate of drug-likeness (QED) is 0.557. The predicted molar refractivity (Wildman–Crippen MR) is 118 cm³/mol. The summed E-state index contributed by atoms with van der Waals surface area (Å²) >= 11 is 0. The first-order valence-corrected chi connectivity index (χ1v) is 10.6. The maximum absolute atomic E-state index is 11.3. The van der Waals surface area contributed by atoms with Crippen molar-refractivity contribution >= 4 is 13.8 Å². The lowest BCUT2D eigenvalue weighted by Crippen LogP contribution is -2.52. The Hall–Kier alpha value is -1.45. The van der Waals surface area contributed by atoms with E-state index in [4.69, 9.17) is 17.7 Å². The largest absolute Gasteiger partial charge is 0.468 e. The minimum Gasteiger partial charge on any atom is -0.468 e. The summed E-state index contributed by atoms with van der Waals surface area (Å²) < 4.78 is 4.74. The molecule has 2 atom stereocenters. The Bertz CT molecular complexity index is 611. The van der Waals surface area contributed by atoms with E-state index >= 15 is 0 Å². The number of hydrogen-bond acceptors (Lipinski definition) is 5. The van der Waals surface area contributed by atoms with Gasteiger partial charge in [0.15, 0.2) is 0 Å². The number of ether oxygens (including phenoxy) is 1. The number of rotatable bonds is 5. The number of benzene rings is 1. The van der Waals surface area contributed by atoms with Crippen LogP contribution in [0.3, 0.4) is 0 Å². The number of esters is 1. The van der Waals surface area contributed by atoms with Crippen molar-refractivity contribution in [2.75, 3.05) is 26.8 Å². The van der Waals surface area contributed by atoms with Gasteiger partial charge in [0.1, 0.15) is 6.04 Å². The Balaban J connectivity index is 0.000000255. The van der Waals surface area contributed by atoms with Gasteiger partial charge in [0.2, 0.25) is 0 Å². The Morgan fingerprint density at radius 1 is 1.07 bits per heavy atom. The molecule has 2 radical (unpaired) electrons. The summed E-state index contributed by atoms with van der Waals surface area (Å²) in [7, 11) is 6.67. The van der Waals surface area contributed by atoms with E-state index in [0.717, 1.165) is 25.6 Å². The lowest BCUT2D eigenvalue weighted by molar-refractivity contribution is -0.152. The average molecular weight is 420 g/mol. The summed E-state index contributed by atoms with van der Waals surface area (Å²) in [4.78, 5) is 15.9. The van der Waals surface area contributed by atoms with Crippen LogP contribution in [0.2, 0.25) is 5.82 Å². The van der Waals surface area contributed by atoms with Crippen molar-refractivity contribution in [1.82, 2.24) is 9.80 Å². The van der Waals surface area contributed by atoms with Crippen molar-refractivity contribution in [3.63, 3.8) is 0 Å². The molecule has 2 saturated heterocycles. The molecular weight excluding hydrogens is 383 g/mol. The SMILES string of the molecule is COC(=O)C1CCN1Cc1ccccc1.O.O.OCC1CCN1C1CC1.[B]C1CC1. The topological polar surface area (TPSA) is 116 Å². The monoisotopic (exact) mass is 420 g/mol. The number of methoxy groups -OCH3 is 1. The highest BCUT2D eigenvalue weighted by Gasteiger charge is 2.38. The number of hydrogen-bond donors (Lipinski definition) is 1. The average Bonchev–Trinajstić information content (AvgIpc) is 3.59. The first-order chi connectivity index (χ1) is 13.6. The van der Waals surface area contributed by atoms with Crippen molar-refractivity contribution in [2.45, 2.75) is 69.0 Å². The molecular formula is C22H37BN2O5. The lowest BCUT2D eigenvalue weighted by atomic mass is 10.0. The zero-order valence-corrected chi connectivity index (χ0v) is 18.0. The van der Waals surface area contributed by atoms with Crippen LogP contribution < -0.4 is 0 Å². The summed E-state index contributed by atoms with van der Waals surface area (Å²) in [5, 5.41) is 8.79. The highest BCUT2D eigenvalue weighted by Crippen LogP contribution is 2.34. The number of aliphatic hydroxyl groups is 1. The molecule has 0 amide bonds. The zero-order valence-electron chi connectivity index (χ0n) is 18.0. The van der Waals surface area contributed by atoms with Crippen molar-refractivity contribution in [3.05, 3.63) is 35.9 Å². The highest BCUT2D eigenvalue weighted by molar-refractivity contribution is 6.13. The maximum Gasteiger partial charge on any atom is 0.323 e. The molecule has 4 fully saturated rings. The van der Waals surface area contributed by atoms with Crippen LogP contribution in [0.4, 0.5) is 0 Å². The second-order valence-corrected chi connectivity index (χ2v) is 8.22. The molecule has 2 saturated carbocycles. The second-order valence-electron chi connectivity index (χ2n) is 8.22. The molecule has 0 spiro atoms. The molecule has 0 aromatic heterocycles. The maximum atomic E-state index is 11.3. The van der Waals surface area contributed by atoms with Gasteiger partial charge in [-0.05, 0) is 31.2 Å². The van der Waals surface area contributed by atoms with Crippen LogP contribution >= 0.6 is 0 Å². The van der Waals surface area contributed by atoms with Crippen molar-refractivity contribution < 1.29 is 25.6 Å². The van der Waals surface area contributed by atoms with E-state index in [-0.39, 0.29) is 23.0 Å². The van der Waals surface area contributed by atoms with Gasteiger partial charge in [-0.3, -0.25) is 14.6 Å². The molecule has 2 unspecified atom stereocenters. The Morgan fingerprint density at radius 3 is 2.07 bits per heavy atom. The van der Waals surface area contributed by atoms with Crippen molar-refractivity contribution in [1.29, 1.82) is 0 Å². The Labute approximate surface area is 181 Å². The van der Waals surface area contributed by atoms with Crippen LogP contribution in [-0.2, 0) is 16.1 Å². The van der Waals surface area contributed by atoms with Crippen LogP contribution in [0.15, 0.2) is 30.3 Å². The fraction of sp³-hybridized carbons (Fsp3) is 0.682. The van der Waals surface area contributed by atoms with Crippen molar-refractivity contribution in [3.8, 4) is 0 Å². The van der Waals surface area contributed by atoms with E-state index < -0.39 is 0 Å². The molecule has 1 aromatic rings. The summed E-state index contributed by atoms with van der Waals surface area (Å²) in [5.41, 5.74) is 1.24. The van der Waals surface area contributed by atoms with E-state index in [1.54, 1.807) is 0 Å². The third-order valence-corrected chi connectivity index (χ3v) is 5.87. The number of aliphatic hydroxyl groups excluding tert-OH is 1. The standard InChI is InChI=1S/C12H15NO2.C7H13NO.C3H5B.2H2O/c1-15-12(14)11-7-8-13(11)9-10-5-3-2-4-6-10;9-5-7-3-4-8(7)6-1-2-6;4-3-1-2-3;;/h2-6,11H,7-9H2,1H3;6-7,9H,1-5H2;3H,1-2H2;2*1H2. The summed E-state index contributed by atoms with van der Waals surface area (Å²) in [6, 6.07) is 11.5. The van der Waals surface area contributed by atoms with Gasteiger partial charge in [0.25, 0.3) is 0 Å². The third-order valence-electron chi connectivity index (χ3n) is 5.87. The second kappa shape index (κ2) is 13.1. The minimum atomic E-state index is -0.114. The highest BCUT2D eigenvalue weighted by atomic mass is 16.5. The molecule has 30 heavy (non-hydrogen) atoms. The molecule has 5 rings (SSSR count). The minimum absolute atomic E-state index is 0. The first kappa shape index (κ1) is 26.6. The fourth-order valence-electron chi connectivity index (χ4n) is 3.49. The van der Waals surface area contributed by atoms with Crippen LogP contribution in [0.25, 0.3) is 0 Å². The first-order valence-electron chi connectivity index (χ1n) is 10.6. The smallest absolute Gasteiger partial charge is 0.323 e. The molecule has 8 heteroatoms. The summed E-state index contributed by atoms with van der Waals surface area (Å²) in [6.07, 6.45) is 7.40. The number of nitrogens with zero attached hydrogens (tertiary/aromatic N) is 2. The Morgan fingerprint density at radius 2 is 1.70 bits per heavy atom. The van der Waals surface area contributed by atoms with Crippen LogP contribution in [0.1, 0.15) is 44.1 Å². The fourth-order valence-corrected chi connectivity index (χ4v) is 3.49. The molecule has 7 nitrogen and oxygen atoms in total. The number of carbonyl (C=O) groups is 1. The predicted octanol–water partition coefficient (Wildman–Crippen LogP) is 0.737. The van der Waals surface area contributed by atoms with E-state index in [2.05, 4.69) is 21.9 Å². The Kier molecular flexibility index (Phi) is 11.6. The van der Waals surface area contributed by atoms with Gasteiger partial charge in [0.05, 0.1) is 21.6 Å². The zero-order chi connectivity index (χ0) is 19.9. The molecule has 1 aromatic carbocycles. The normalized spacial score (nSPS) is 24.7. The van der Waals surface area contributed by atoms with E-state index in [9.17, 15) is 4.79 Å². The van der Waals surface area contributed by atoms with E-state index in [1.807, 2.05) is 18.2 Å². The lowest BCUT2D eigenvalue weighted by Gasteiger charge is -2.40. The third kappa shape index (κ3) is 8.00. The summed E-state index contributed by atoms with van der Waals surface area (Å²) in [5.74, 6) is 0.470. The van der Waals surface area contributed by atoms with Crippen LogP contribution in [-0.4, -0.2) is 84.6 Å².